The summed E-state index contributed by atoms with van der Waals surface area (Å²) >= 11 is 0. The zero-order valence-corrected chi connectivity index (χ0v) is 14.1. The Kier molecular flexibility index (Phi) is 5.07. The van der Waals surface area contributed by atoms with E-state index in [1.165, 1.54) is 17.7 Å². The maximum absolute atomic E-state index is 12.4. The lowest BCUT2D eigenvalue weighted by molar-refractivity contribution is 0.0629. The first-order valence-electron chi connectivity index (χ1n) is 8.32. The molecular formula is C19H21NO5. The van der Waals surface area contributed by atoms with Crippen molar-refractivity contribution in [1.29, 1.82) is 0 Å². The van der Waals surface area contributed by atoms with Gasteiger partial charge in [0.1, 0.15) is 5.75 Å². The molecule has 2 heterocycles. The molecule has 1 amide bonds. The van der Waals surface area contributed by atoms with E-state index in [9.17, 15) is 9.59 Å². The van der Waals surface area contributed by atoms with Crippen molar-refractivity contribution < 1.29 is 23.8 Å². The van der Waals surface area contributed by atoms with Gasteiger partial charge >= 0.3 is 5.97 Å². The number of carboxylic acids is 1. The van der Waals surface area contributed by atoms with Gasteiger partial charge in [0.15, 0.2) is 5.76 Å². The number of aromatic carboxylic acids is 1. The molecule has 6 nitrogen and oxygen atoms in total. The van der Waals surface area contributed by atoms with Crippen LogP contribution in [0.3, 0.4) is 0 Å². The van der Waals surface area contributed by atoms with Gasteiger partial charge < -0.3 is 19.2 Å². The number of nitrogens with zero attached hydrogens (tertiary/aromatic N) is 1. The minimum Gasteiger partial charge on any atom is -0.497 e. The van der Waals surface area contributed by atoms with Crippen LogP contribution in [-0.4, -0.2) is 42.1 Å². The highest BCUT2D eigenvalue weighted by Gasteiger charge is 2.26. The van der Waals surface area contributed by atoms with Crippen molar-refractivity contribution in [3.63, 3.8) is 0 Å². The van der Waals surface area contributed by atoms with E-state index in [0.29, 0.717) is 19.0 Å². The third kappa shape index (κ3) is 4.02. The third-order valence-corrected chi connectivity index (χ3v) is 4.61. The molecule has 0 aliphatic carbocycles. The van der Waals surface area contributed by atoms with Crippen molar-refractivity contribution in [2.75, 3.05) is 20.2 Å². The molecule has 1 aliphatic rings. The van der Waals surface area contributed by atoms with E-state index in [4.69, 9.17) is 14.3 Å². The van der Waals surface area contributed by atoms with Gasteiger partial charge in [0.2, 0.25) is 5.76 Å². The van der Waals surface area contributed by atoms with Gasteiger partial charge in [-0.15, -0.1) is 0 Å². The minimum absolute atomic E-state index is 0.0889. The molecule has 1 saturated heterocycles. The predicted octanol–water partition coefficient (Wildman–Crippen LogP) is 3.08. The fourth-order valence-corrected chi connectivity index (χ4v) is 3.16. The molecule has 1 aromatic carbocycles. The van der Waals surface area contributed by atoms with Crippen LogP contribution < -0.4 is 4.74 Å². The molecule has 3 rings (SSSR count). The molecule has 0 bridgehead atoms. The summed E-state index contributed by atoms with van der Waals surface area (Å²) in [5.74, 6) is -0.150. The number of carboxylic acid groups (broad SMARTS) is 1. The summed E-state index contributed by atoms with van der Waals surface area (Å²) in [6.45, 7) is 1.31. The molecule has 0 saturated carbocycles. The number of hydrogen-bond donors (Lipinski definition) is 1. The number of rotatable bonds is 5. The summed E-state index contributed by atoms with van der Waals surface area (Å²) in [5.41, 5.74) is 1.27. The number of amides is 1. The van der Waals surface area contributed by atoms with Crippen LogP contribution in [0.5, 0.6) is 5.75 Å². The van der Waals surface area contributed by atoms with Crippen LogP contribution in [0.2, 0.25) is 0 Å². The van der Waals surface area contributed by atoms with E-state index in [2.05, 4.69) is 12.1 Å². The summed E-state index contributed by atoms with van der Waals surface area (Å²) < 4.78 is 10.3. The van der Waals surface area contributed by atoms with Crippen molar-refractivity contribution in [1.82, 2.24) is 4.90 Å². The van der Waals surface area contributed by atoms with Gasteiger partial charge in [0, 0.05) is 13.1 Å². The Hall–Kier alpha value is -2.76. The molecular weight excluding hydrogens is 322 g/mol. The zero-order valence-electron chi connectivity index (χ0n) is 14.1. The Bertz CT molecular complexity index is 741. The number of benzene rings is 1. The van der Waals surface area contributed by atoms with E-state index in [0.717, 1.165) is 25.0 Å². The van der Waals surface area contributed by atoms with Crippen molar-refractivity contribution in [3.8, 4) is 5.75 Å². The van der Waals surface area contributed by atoms with Crippen molar-refractivity contribution >= 4 is 11.9 Å². The van der Waals surface area contributed by atoms with Gasteiger partial charge in [-0.2, -0.15) is 0 Å². The predicted molar refractivity (Wildman–Crippen MR) is 91.0 cm³/mol. The smallest absolute Gasteiger partial charge is 0.371 e. The Labute approximate surface area is 146 Å². The average Bonchev–Trinajstić information content (AvgIpc) is 3.13. The molecule has 0 atom stereocenters. The topological polar surface area (TPSA) is 80.0 Å². The van der Waals surface area contributed by atoms with Crippen LogP contribution in [0.15, 0.2) is 40.8 Å². The van der Waals surface area contributed by atoms with Crippen molar-refractivity contribution in [3.05, 3.63) is 53.5 Å². The Balaban J connectivity index is 1.53. The zero-order chi connectivity index (χ0) is 17.8. The minimum atomic E-state index is -1.17. The lowest BCUT2D eigenvalue weighted by Gasteiger charge is -2.31. The first kappa shape index (κ1) is 17.1. The first-order chi connectivity index (χ1) is 12.1. The van der Waals surface area contributed by atoms with Gasteiger partial charge in [-0.1, -0.05) is 12.1 Å². The maximum Gasteiger partial charge on any atom is 0.371 e. The fraction of sp³-hybridized carbons (Fsp3) is 0.368. The summed E-state index contributed by atoms with van der Waals surface area (Å²) in [4.78, 5) is 25.0. The van der Waals surface area contributed by atoms with E-state index in [-0.39, 0.29) is 17.4 Å². The van der Waals surface area contributed by atoms with E-state index >= 15 is 0 Å². The number of carbonyl (C=O) groups excluding carboxylic acids is 1. The molecule has 2 aromatic rings. The molecule has 0 unspecified atom stereocenters. The molecule has 0 spiro atoms. The SMILES string of the molecule is COc1ccc(CC2CCN(C(=O)c3ccc(C(=O)O)o3)CC2)cc1. The van der Waals surface area contributed by atoms with Crippen LogP contribution in [0.25, 0.3) is 0 Å². The number of likely N-dealkylation sites (tertiary alicyclic amines) is 1. The fourth-order valence-electron chi connectivity index (χ4n) is 3.16. The van der Waals surface area contributed by atoms with Crippen LogP contribution >= 0.6 is 0 Å². The second kappa shape index (κ2) is 7.42. The highest BCUT2D eigenvalue weighted by atomic mass is 16.5. The number of piperidine rings is 1. The summed E-state index contributed by atoms with van der Waals surface area (Å²) in [6.07, 6.45) is 2.82. The van der Waals surface area contributed by atoms with Crippen molar-refractivity contribution in [2.45, 2.75) is 19.3 Å². The van der Waals surface area contributed by atoms with Gasteiger partial charge in [-0.3, -0.25) is 4.79 Å². The number of furan rings is 1. The Morgan fingerprint density at radius 1 is 1.12 bits per heavy atom. The average molecular weight is 343 g/mol. The Morgan fingerprint density at radius 3 is 2.32 bits per heavy atom. The molecule has 132 valence electrons. The Morgan fingerprint density at radius 2 is 1.76 bits per heavy atom. The maximum atomic E-state index is 12.4. The lowest BCUT2D eigenvalue weighted by atomic mass is 9.90. The number of ether oxygens (including phenoxy) is 1. The first-order valence-corrected chi connectivity index (χ1v) is 8.32. The summed E-state index contributed by atoms with van der Waals surface area (Å²) in [6, 6.07) is 10.8. The molecule has 0 radical (unpaired) electrons. The number of hydrogen-bond acceptors (Lipinski definition) is 4. The number of methoxy groups -OCH3 is 1. The largest absolute Gasteiger partial charge is 0.497 e. The molecule has 1 aromatic heterocycles. The second-order valence-electron chi connectivity index (χ2n) is 6.26. The molecule has 1 fully saturated rings. The summed E-state index contributed by atoms with van der Waals surface area (Å²) in [7, 11) is 1.65. The van der Waals surface area contributed by atoms with E-state index in [1.807, 2.05) is 12.1 Å². The highest BCUT2D eigenvalue weighted by molar-refractivity contribution is 5.93. The van der Waals surface area contributed by atoms with Crippen LogP contribution in [0.4, 0.5) is 0 Å². The normalized spacial score (nSPS) is 15.2. The van der Waals surface area contributed by atoms with Crippen LogP contribution in [0.1, 0.15) is 39.5 Å². The van der Waals surface area contributed by atoms with E-state index in [1.54, 1.807) is 12.0 Å². The summed E-state index contributed by atoms with van der Waals surface area (Å²) in [5, 5.41) is 8.87. The molecule has 1 aliphatic heterocycles. The molecule has 6 heteroatoms. The van der Waals surface area contributed by atoms with Crippen molar-refractivity contribution in [2.24, 2.45) is 5.92 Å². The van der Waals surface area contributed by atoms with Gasteiger partial charge in [-0.25, -0.2) is 4.79 Å². The van der Waals surface area contributed by atoms with Gasteiger partial charge in [-0.05, 0) is 55.0 Å². The lowest BCUT2D eigenvalue weighted by Crippen LogP contribution is -2.38. The highest BCUT2D eigenvalue weighted by Crippen LogP contribution is 2.24. The quantitative estimate of drug-likeness (QED) is 0.902. The monoisotopic (exact) mass is 343 g/mol. The number of carbonyl (C=O) groups is 2. The van der Waals surface area contributed by atoms with Crippen LogP contribution in [0, 0.1) is 5.92 Å². The van der Waals surface area contributed by atoms with Crippen LogP contribution in [-0.2, 0) is 6.42 Å². The molecule has 1 N–H and O–H groups in total. The molecule has 25 heavy (non-hydrogen) atoms. The standard InChI is InChI=1S/C19H21NO5/c1-24-15-4-2-13(3-5-15)12-14-8-10-20(11-9-14)18(21)16-6-7-17(25-16)19(22)23/h2-7,14H,8-12H2,1H3,(H,22,23). The second-order valence-corrected chi connectivity index (χ2v) is 6.26. The van der Waals surface area contributed by atoms with Gasteiger partial charge in [0.25, 0.3) is 5.91 Å². The third-order valence-electron chi connectivity index (χ3n) is 4.61. The van der Waals surface area contributed by atoms with Gasteiger partial charge in [0.05, 0.1) is 7.11 Å². The van der Waals surface area contributed by atoms with E-state index < -0.39 is 5.97 Å².